The normalized spacial score (nSPS) is 16.0. The molecule has 1 N–H and O–H groups in total. The topological polar surface area (TPSA) is 32.3 Å². The lowest BCUT2D eigenvalue weighted by Crippen LogP contribution is -2.35. The van der Waals surface area contributed by atoms with E-state index in [0.717, 1.165) is 42.2 Å². The SMILES string of the molecule is Cc1ccc(C)c(C(=O)NCCCN(C)C2CCCCC2)c1. The Morgan fingerprint density at radius 1 is 1.23 bits per heavy atom. The van der Waals surface area contributed by atoms with Crippen molar-refractivity contribution < 1.29 is 4.79 Å². The van der Waals surface area contributed by atoms with Gasteiger partial charge in [-0.1, -0.05) is 37.0 Å². The summed E-state index contributed by atoms with van der Waals surface area (Å²) in [7, 11) is 2.22. The van der Waals surface area contributed by atoms with E-state index in [9.17, 15) is 4.79 Å². The van der Waals surface area contributed by atoms with Crippen LogP contribution in [0, 0.1) is 13.8 Å². The molecule has 0 saturated heterocycles. The Bertz CT molecular complexity index is 492. The molecular weight excluding hydrogens is 272 g/mol. The maximum Gasteiger partial charge on any atom is 0.251 e. The first-order valence-electron chi connectivity index (χ1n) is 8.63. The van der Waals surface area contributed by atoms with Gasteiger partial charge in [0.05, 0.1) is 0 Å². The first-order chi connectivity index (χ1) is 10.6. The van der Waals surface area contributed by atoms with Gasteiger partial charge in [-0.25, -0.2) is 0 Å². The molecule has 0 heterocycles. The molecule has 0 spiro atoms. The van der Waals surface area contributed by atoms with Crippen LogP contribution in [0.3, 0.4) is 0 Å². The summed E-state index contributed by atoms with van der Waals surface area (Å²) in [6.45, 7) is 5.83. The number of amides is 1. The van der Waals surface area contributed by atoms with E-state index in [2.05, 4.69) is 17.3 Å². The number of carbonyl (C=O) groups is 1. The zero-order valence-electron chi connectivity index (χ0n) is 14.3. The van der Waals surface area contributed by atoms with Crippen molar-refractivity contribution in [1.29, 1.82) is 0 Å². The summed E-state index contributed by atoms with van der Waals surface area (Å²) >= 11 is 0. The van der Waals surface area contributed by atoms with Crippen molar-refractivity contribution in [2.75, 3.05) is 20.1 Å². The van der Waals surface area contributed by atoms with E-state index in [1.54, 1.807) is 0 Å². The molecule has 0 aromatic heterocycles. The molecular formula is C19H30N2O. The van der Waals surface area contributed by atoms with Gasteiger partial charge in [0.25, 0.3) is 5.91 Å². The minimum absolute atomic E-state index is 0.0570. The van der Waals surface area contributed by atoms with Crippen LogP contribution < -0.4 is 5.32 Å². The van der Waals surface area contributed by atoms with Crippen LogP contribution in [0.4, 0.5) is 0 Å². The number of aryl methyl sites for hydroxylation is 2. The Labute approximate surface area is 135 Å². The molecule has 22 heavy (non-hydrogen) atoms. The van der Waals surface area contributed by atoms with Crippen molar-refractivity contribution in [3.05, 3.63) is 34.9 Å². The lowest BCUT2D eigenvalue weighted by Gasteiger charge is -2.31. The van der Waals surface area contributed by atoms with Gasteiger partial charge in [-0.2, -0.15) is 0 Å². The number of hydrogen-bond acceptors (Lipinski definition) is 2. The van der Waals surface area contributed by atoms with E-state index in [4.69, 9.17) is 0 Å². The fourth-order valence-electron chi connectivity index (χ4n) is 3.31. The molecule has 0 radical (unpaired) electrons. The summed E-state index contributed by atoms with van der Waals surface area (Å²) in [5, 5.41) is 3.06. The fourth-order valence-corrected chi connectivity index (χ4v) is 3.31. The average Bonchev–Trinajstić information content (AvgIpc) is 2.54. The lowest BCUT2D eigenvalue weighted by atomic mass is 9.94. The van der Waals surface area contributed by atoms with Crippen molar-refractivity contribution in [1.82, 2.24) is 10.2 Å². The van der Waals surface area contributed by atoms with Crippen LogP contribution in [0.2, 0.25) is 0 Å². The fraction of sp³-hybridized carbons (Fsp3) is 0.632. The zero-order chi connectivity index (χ0) is 15.9. The van der Waals surface area contributed by atoms with E-state index in [0.29, 0.717) is 0 Å². The van der Waals surface area contributed by atoms with Crippen molar-refractivity contribution in [2.45, 2.75) is 58.4 Å². The lowest BCUT2D eigenvalue weighted by molar-refractivity contribution is 0.0950. The third-order valence-corrected chi connectivity index (χ3v) is 4.81. The largest absolute Gasteiger partial charge is 0.352 e. The predicted molar refractivity (Wildman–Crippen MR) is 92.4 cm³/mol. The molecule has 0 bridgehead atoms. The molecule has 122 valence electrons. The molecule has 3 heteroatoms. The number of nitrogens with one attached hydrogen (secondary N) is 1. The van der Waals surface area contributed by atoms with Crippen molar-refractivity contribution >= 4 is 5.91 Å². The Kier molecular flexibility index (Phi) is 6.44. The zero-order valence-corrected chi connectivity index (χ0v) is 14.3. The van der Waals surface area contributed by atoms with Crippen LogP contribution in [0.25, 0.3) is 0 Å². The first-order valence-corrected chi connectivity index (χ1v) is 8.63. The summed E-state index contributed by atoms with van der Waals surface area (Å²) < 4.78 is 0. The van der Waals surface area contributed by atoms with E-state index in [1.165, 1.54) is 32.1 Å². The first kappa shape index (κ1) is 17.0. The Morgan fingerprint density at radius 3 is 2.68 bits per heavy atom. The Hall–Kier alpha value is -1.35. The summed E-state index contributed by atoms with van der Waals surface area (Å²) in [4.78, 5) is 14.7. The molecule has 2 rings (SSSR count). The van der Waals surface area contributed by atoms with Gasteiger partial charge >= 0.3 is 0 Å². The van der Waals surface area contributed by atoms with Crippen LogP contribution in [0.1, 0.15) is 60.0 Å². The molecule has 1 amide bonds. The van der Waals surface area contributed by atoms with Gasteiger partial charge in [-0.05, 0) is 58.3 Å². The Balaban J connectivity index is 1.71. The highest BCUT2D eigenvalue weighted by Gasteiger charge is 2.17. The third kappa shape index (κ3) is 4.84. The predicted octanol–water partition coefficient (Wildman–Crippen LogP) is 3.69. The molecule has 0 aliphatic heterocycles. The standard InChI is InChI=1S/C19H30N2O/c1-15-10-11-16(2)18(14-15)19(22)20-12-7-13-21(3)17-8-5-4-6-9-17/h10-11,14,17H,4-9,12-13H2,1-3H3,(H,20,22). The number of carbonyl (C=O) groups excluding carboxylic acids is 1. The van der Waals surface area contributed by atoms with Crippen LogP contribution in [0.15, 0.2) is 18.2 Å². The molecule has 1 aliphatic carbocycles. The summed E-state index contributed by atoms with van der Waals surface area (Å²) in [6.07, 6.45) is 7.84. The highest BCUT2D eigenvalue weighted by Crippen LogP contribution is 2.21. The van der Waals surface area contributed by atoms with Crippen LogP contribution >= 0.6 is 0 Å². The third-order valence-electron chi connectivity index (χ3n) is 4.81. The minimum atomic E-state index is 0.0570. The van der Waals surface area contributed by atoms with Gasteiger partial charge in [-0.3, -0.25) is 4.79 Å². The number of rotatable bonds is 6. The van der Waals surface area contributed by atoms with Crippen molar-refractivity contribution in [3.63, 3.8) is 0 Å². The summed E-state index contributed by atoms with van der Waals surface area (Å²) in [5.74, 6) is 0.0570. The number of nitrogens with zero attached hydrogens (tertiary/aromatic N) is 1. The molecule has 1 aromatic carbocycles. The second kappa shape index (κ2) is 8.33. The van der Waals surface area contributed by atoms with Crippen molar-refractivity contribution in [3.8, 4) is 0 Å². The van der Waals surface area contributed by atoms with E-state index in [-0.39, 0.29) is 5.91 Å². The monoisotopic (exact) mass is 302 g/mol. The maximum absolute atomic E-state index is 12.2. The molecule has 1 saturated carbocycles. The second-order valence-electron chi connectivity index (χ2n) is 6.70. The summed E-state index contributed by atoms with van der Waals surface area (Å²) in [6, 6.07) is 6.79. The molecule has 3 nitrogen and oxygen atoms in total. The van der Waals surface area contributed by atoms with Gasteiger partial charge in [0.1, 0.15) is 0 Å². The maximum atomic E-state index is 12.2. The second-order valence-corrected chi connectivity index (χ2v) is 6.70. The smallest absolute Gasteiger partial charge is 0.251 e. The summed E-state index contributed by atoms with van der Waals surface area (Å²) in [5.41, 5.74) is 2.98. The van der Waals surface area contributed by atoms with Crippen LogP contribution in [-0.4, -0.2) is 37.0 Å². The van der Waals surface area contributed by atoms with Gasteiger partial charge in [0.15, 0.2) is 0 Å². The van der Waals surface area contributed by atoms with Gasteiger partial charge < -0.3 is 10.2 Å². The van der Waals surface area contributed by atoms with E-state index in [1.807, 2.05) is 32.0 Å². The minimum Gasteiger partial charge on any atom is -0.352 e. The van der Waals surface area contributed by atoms with Gasteiger partial charge in [0, 0.05) is 18.2 Å². The van der Waals surface area contributed by atoms with Crippen molar-refractivity contribution in [2.24, 2.45) is 0 Å². The highest BCUT2D eigenvalue weighted by molar-refractivity contribution is 5.95. The van der Waals surface area contributed by atoms with Crippen LogP contribution in [0.5, 0.6) is 0 Å². The molecule has 1 aromatic rings. The number of hydrogen-bond donors (Lipinski definition) is 1. The molecule has 1 aliphatic rings. The van der Waals surface area contributed by atoms with Gasteiger partial charge in [-0.15, -0.1) is 0 Å². The van der Waals surface area contributed by atoms with E-state index < -0.39 is 0 Å². The average molecular weight is 302 g/mol. The van der Waals surface area contributed by atoms with Crippen LogP contribution in [-0.2, 0) is 0 Å². The molecule has 1 fully saturated rings. The van der Waals surface area contributed by atoms with Gasteiger partial charge in [0.2, 0.25) is 0 Å². The number of benzene rings is 1. The highest BCUT2D eigenvalue weighted by atomic mass is 16.1. The Morgan fingerprint density at radius 2 is 1.95 bits per heavy atom. The van der Waals surface area contributed by atoms with E-state index >= 15 is 0 Å². The quantitative estimate of drug-likeness (QED) is 0.813. The molecule has 0 unspecified atom stereocenters. The molecule has 0 atom stereocenters.